The molecule has 3 nitrogen and oxygen atoms in total. The van der Waals surface area contributed by atoms with E-state index in [1.54, 1.807) is 0 Å². The zero-order valence-corrected chi connectivity index (χ0v) is 10.8. The van der Waals surface area contributed by atoms with Crippen molar-refractivity contribution in [3.05, 3.63) is 35.5 Å². The summed E-state index contributed by atoms with van der Waals surface area (Å²) in [6.07, 6.45) is 0. The predicted molar refractivity (Wildman–Crippen MR) is 72.4 cm³/mol. The highest BCUT2D eigenvalue weighted by atomic mass is 15.1. The molecule has 0 saturated carbocycles. The number of anilines is 1. The molecule has 0 aliphatic rings. The molecule has 3 heteroatoms. The van der Waals surface area contributed by atoms with Crippen molar-refractivity contribution in [2.45, 2.75) is 26.7 Å². The molecule has 2 N–H and O–H groups in total. The maximum Gasteiger partial charge on any atom is 0.115 e. The maximum atomic E-state index is 4.34. The van der Waals surface area contributed by atoms with E-state index in [0.29, 0.717) is 5.92 Å². The Morgan fingerprint density at radius 1 is 1.18 bits per heavy atom. The molecule has 17 heavy (non-hydrogen) atoms. The summed E-state index contributed by atoms with van der Waals surface area (Å²) in [5.74, 6) is 0.564. The van der Waals surface area contributed by atoms with E-state index in [2.05, 4.69) is 53.6 Å². The number of aromatic nitrogens is 2. The third kappa shape index (κ3) is 2.18. The van der Waals surface area contributed by atoms with Crippen LogP contribution in [0.5, 0.6) is 0 Å². The number of rotatable bonds is 3. The number of hydrogen-bond acceptors (Lipinski definition) is 2. The summed E-state index contributed by atoms with van der Waals surface area (Å²) >= 11 is 0. The molecule has 0 bridgehead atoms. The van der Waals surface area contributed by atoms with E-state index in [1.807, 2.05) is 14.0 Å². The van der Waals surface area contributed by atoms with Crippen LogP contribution in [0.2, 0.25) is 0 Å². The van der Waals surface area contributed by atoms with Gasteiger partial charge in [-0.3, -0.25) is 5.10 Å². The molecule has 0 aliphatic carbocycles. The summed E-state index contributed by atoms with van der Waals surface area (Å²) in [7, 11) is 1.92. The van der Waals surface area contributed by atoms with Crippen molar-refractivity contribution in [2.24, 2.45) is 0 Å². The zero-order valence-electron chi connectivity index (χ0n) is 10.8. The van der Waals surface area contributed by atoms with Crippen molar-refractivity contribution in [3.63, 3.8) is 0 Å². The Labute approximate surface area is 102 Å². The highest BCUT2D eigenvalue weighted by Crippen LogP contribution is 2.28. The monoisotopic (exact) mass is 229 g/mol. The van der Waals surface area contributed by atoms with Gasteiger partial charge in [0.25, 0.3) is 0 Å². The lowest BCUT2D eigenvalue weighted by Crippen LogP contribution is -1.92. The minimum Gasteiger partial charge on any atom is -0.385 e. The highest BCUT2D eigenvalue weighted by molar-refractivity contribution is 5.75. The van der Waals surface area contributed by atoms with E-state index < -0.39 is 0 Å². The second kappa shape index (κ2) is 4.62. The molecule has 2 rings (SSSR count). The van der Waals surface area contributed by atoms with Crippen LogP contribution >= 0.6 is 0 Å². The van der Waals surface area contributed by atoms with Crippen molar-refractivity contribution in [3.8, 4) is 11.3 Å². The van der Waals surface area contributed by atoms with Crippen molar-refractivity contribution < 1.29 is 0 Å². The predicted octanol–water partition coefficient (Wildman–Crippen LogP) is 3.55. The fourth-order valence-corrected chi connectivity index (χ4v) is 1.97. The van der Waals surface area contributed by atoms with Crippen LogP contribution in [0.3, 0.4) is 0 Å². The lowest BCUT2D eigenvalue weighted by molar-refractivity contribution is 0.867. The third-order valence-corrected chi connectivity index (χ3v) is 3.05. The number of hydrogen-bond donors (Lipinski definition) is 2. The van der Waals surface area contributed by atoms with Crippen LogP contribution in [0.4, 0.5) is 5.69 Å². The molecule has 0 atom stereocenters. The SMILES string of the molecule is CNc1c(-c2ccc(C(C)C)cc2)n[nH]c1C. The van der Waals surface area contributed by atoms with E-state index in [0.717, 1.165) is 22.6 Å². The van der Waals surface area contributed by atoms with Crippen molar-refractivity contribution in [1.29, 1.82) is 0 Å². The van der Waals surface area contributed by atoms with Gasteiger partial charge in [-0.05, 0) is 18.4 Å². The largest absolute Gasteiger partial charge is 0.385 e. The second-order valence-corrected chi connectivity index (χ2v) is 4.60. The smallest absolute Gasteiger partial charge is 0.115 e. The average Bonchev–Trinajstić information content (AvgIpc) is 2.70. The van der Waals surface area contributed by atoms with Gasteiger partial charge in [-0.25, -0.2) is 0 Å². The van der Waals surface area contributed by atoms with E-state index in [-0.39, 0.29) is 0 Å². The Morgan fingerprint density at radius 2 is 1.82 bits per heavy atom. The van der Waals surface area contributed by atoms with Crippen LogP contribution in [0.1, 0.15) is 31.0 Å². The molecule has 0 spiro atoms. The van der Waals surface area contributed by atoms with Gasteiger partial charge in [0.1, 0.15) is 5.69 Å². The quantitative estimate of drug-likeness (QED) is 0.845. The molecule has 1 aromatic heterocycles. The fraction of sp³-hybridized carbons (Fsp3) is 0.357. The second-order valence-electron chi connectivity index (χ2n) is 4.60. The lowest BCUT2D eigenvalue weighted by atomic mass is 10.0. The normalized spacial score (nSPS) is 10.9. The van der Waals surface area contributed by atoms with Crippen molar-refractivity contribution in [2.75, 3.05) is 12.4 Å². The molecule has 1 aromatic carbocycles. The first-order chi connectivity index (χ1) is 8.13. The maximum absolute atomic E-state index is 4.34. The Bertz CT molecular complexity index is 495. The van der Waals surface area contributed by atoms with E-state index >= 15 is 0 Å². The molecule has 2 aromatic rings. The third-order valence-electron chi connectivity index (χ3n) is 3.05. The topological polar surface area (TPSA) is 40.7 Å². The number of aryl methyl sites for hydroxylation is 1. The first-order valence-electron chi connectivity index (χ1n) is 5.96. The zero-order chi connectivity index (χ0) is 12.4. The standard InChI is InChI=1S/C14H19N3/c1-9(2)11-5-7-12(8-6-11)14-13(15-4)10(3)16-17-14/h5-9,15H,1-4H3,(H,16,17). The number of nitrogens with zero attached hydrogens (tertiary/aromatic N) is 1. The van der Waals surface area contributed by atoms with Gasteiger partial charge in [0.15, 0.2) is 0 Å². The fourth-order valence-electron chi connectivity index (χ4n) is 1.97. The summed E-state index contributed by atoms with van der Waals surface area (Å²) in [5, 5.41) is 10.5. The summed E-state index contributed by atoms with van der Waals surface area (Å²) in [4.78, 5) is 0. The Kier molecular flexibility index (Phi) is 3.18. The van der Waals surface area contributed by atoms with Crippen LogP contribution in [-0.2, 0) is 0 Å². The minimum absolute atomic E-state index is 0.564. The van der Waals surface area contributed by atoms with Gasteiger partial charge in [0, 0.05) is 12.6 Å². The highest BCUT2D eigenvalue weighted by Gasteiger charge is 2.10. The molecule has 0 saturated heterocycles. The molecule has 90 valence electrons. The van der Waals surface area contributed by atoms with Gasteiger partial charge in [-0.15, -0.1) is 0 Å². The first-order valence-corrected chi connectivity index (χ1v) is 5.96. The molecular formula is C14H19N3. The number of benzene rings is 1. The van der Waals surface area contributed by atoms with Gasteiger partial charge in [-0.2, -0.15) is 5.10 Å². The number of aromatic amines is 1. The van der Waals surface area contributed by atoms with E-state index in [9.17, 15) is 0 Å². The van der Waals surface area contributed by atoms with Crippen LogP contribution in [-0.4, -0.2) is 17.2 Å². The molecule has 0 fully saturated rings. The Morgan fingerprint density at radius 3 is 2.35 bits per heavy atom. The molecule has 0 aliphatic heterocycles. The summed E-state index contributed by atoms with van der Waals surface area (Å²) in [6, 6.07) is 8.60. The Balaban J connectivity index is 2.39. The van der Waals surface area contributed by atoms with Crippen LogP contribution in [0, 0.1) is 6.92 Å². The first kappa shape index (κ1) is 11.7. The average molecular weight is 229 g/mol. The number of H-pyrrole nitrogens is 1. The Hall–Kier alpha value is -1.77. The molecule has 0 unspecified atom stereocenters. The van der Waals surface area contributed by atoms with E-state index in [1.165, 1.54) is 5.56 Å². The van der Waals surface area contributed by atoms with Gasteiger partial charge in [-0.1, -0.05) is 38.1 Å². The van der Waals surface area contributed by atoms with Crippen LogP contribution < -0.4 is 5.32 Å². The number of nitrogens with one attached hydrogen (secondary N) is 2. The van der Waals surface area contributed by atoms with Crippen LogP contribution in [0.25, 0.3) is 11.3 Å². The molecular weight excluding hydrogens is 210 g/mol. The van der Waals surface area contributed by atoms with E-state index in [4.69, 9.17) is 0 Å². The molecule has 1 heterocycles. The van der Waals surface area contributed by atoms with Crippen LogP contribution in [0.15, 0.2) is 24.3 Å². The summed E-state index contributed by atoms with van der Waals surface area (Å²) in [6.45, 7) is 6.42. The molecule has 0 amide bonds. The summed E-state index contributed by atoms with van der Waals surface area (Å²) in [5.41, 5.74) is 5.62. The van der Waals surface area contributed by atoms with Gasteiger partial charge < -0.3 is 5.32 Å². The van der Waals surface area contributed by atoms with Gasteiger partial charge in [0.2, 0.25) is 0 Å². The van der Waals surface area contributed by atoms with Crippen molar-refractivity contribution in [1.82, 2.24) is 10.2 Å². The van der Waals surface area contributed by atoms with Gasteiger partial charge >= 0.3 is 0 Å². The molecule has 0 radical (unpaired) electrons. The van der Waals surface area contributed by atoms with Gasteiger partial charge in [0.05, 0.1) is 11.4 Å². The lowest BCUT2D eigenvalue weighted by Gasteiger charge is -2.07. The van der Waals surface area contributed by atoms with Crippen molar-refractivity contribution >= 4 is 5.69 Å². The minimum atomic E-state index is 0.564. The summed E-state index contributed by atoms with van der Waals surface area (Å²) < 4.78 is 0.